The molecule has 0 N–H and O–H groups in total. The summed E-state index contributed by atoms with van der Waals surface area (Å²) in [7, 11) is 0. The quantitative estimate of drug-likeness (QED) is 0.618. The average molecular weight is 347 g/mol. The molecule has 0 spiro atoms. The minimum absolute atomic E-state index is 0.666. The van der Waals surface area contributed by atoms with E-state index in [4.69, 9.17) is 0 Å². The van der Waals surface area contributed by atoms with E-state index < -0.39 is 0 Å². The molecule has 0 unspecified atom stereocenters. The fourth-order valence-electron chi connectivity index (χ4n) is 1.11. The van der Waals surface area contributed by atoms with Crippen LogP contribution in [0.2, 0.25) is 0 Å². The summed E-state index contributed by atoms with van der Waals surface area (Å²) in [5, 5.41) is 8.09. The van der Waals surface area contributed by atoms with E-state index in [1.165, 1.54) is 23.1 Å². The first-order valence-corrected chi connectivity index (χ1v) is 8.18. The van der Waals surface area contributed by atoms with E-state index in [0.29, 0.717) is 5.56 Å². The van der Waals surface area contributed by atoms with Gasteiger partial charge in [-0.3, -0.25) is 4.79 Å². The largest absolute Gasteiger partial charge is 0.298 e. The second-order valence-corrected chi connectivity index (χ2v) is 7.18. The molecule has 0 aliphatic carbocycles. The Bertz CT molecular complexity index is 544. The van der Waals surface area contributed by atoms with Crippen LogP contribution >= 0.6 is 50.8 Å². The van der Waals surface area contributed by atoms with E-state index in [1.54, 1.807) is 17.8 Å². The Morgan fingerprint density at radius 1 is 1.35 bits per heavy atom. The number of halogens is 1. The molecule has 1 aromatic carbocycles. The Hall–Kier alpha value is -0.370. The third-order valence-corrected chi connectivity index (χ3v) is 5.38. The zero-order chi connectivity index (χ0) is 12.3. The van der Waals surface area contributed by atoms with Gasteiger partial charge in [0, 0.05) is 14.9 Å². The van der Waals surface area contributed by atoms with Crippen molar-refractivity contribution in [2.45, 2.75) is 13.6 Å². The van der Waals surface area contributed by atoms with Gasteiger partial charge in [-0.05, 0) is 24.5 Å². The number of nitrogens with zero attached hydrogens (tertiary/aromatic N) is 2. The van der Waals surface area contributed by atoms with E-state index in [2.05, 4.69) is 26.1 Å². The maximum Gasteiger partial charge on any atom is 0.179 e. The number of hydrogen-bond donors (Lipinski definition) is 0. The smallest absolute Gasteiger partial charge is 0.179 e. The molecule has 0 saturated heterocycles. The molecule has 88 valence electrons. The van der Waals surface area contributed by atoms with Gasteiger partial charge in [0.15, 0.2) is 15.0 Å². The maximum atomic E-state index is 10.9. The molecule has 1 aromatic heterocycles. The van der Waals surface area contributed by atoms with Gasteiger partial charge < -0.3 is 0 Å². The fraction of sp³-hybridized carbons (Fsp3) is 0.100. The minimum Gasteiger partial charge on any atom is -0.298 e. The van der Waals surface area contributed by atoms with Crippen molar-refractivity contribution in [2.75, 3.05) is 6.26 Å². The lowest BCUT2D eigenvalue weighted by Crippen LogP contribution is -1.84. The highest BCUT2D eigenvalue weighted by atomic mass is 79.9. The molecule has 0 atom stereocenters. The zero-order valence-electron chi connectivity index (χ0n) is 8.71. The molecule has 0 aliphatic rings. The molecule has 0 fully saturated rings. The first-order chi connectivity index (χ1) is 8.22. The third-order valence-electron chi connectivity index (χ3n) is 1.86. The van der Waals surface area contributed by atoms with Crippen LogP contribution in [0.25, 0.3) is 0 Å². The lowest BCUT2D eigenvalue weighted by molar-refractivity contribution is 0.112. The summed E-state index contributed by atoms with van der Waals surface area (Å²) in [6.07, 6.45) is 2.82. The number of carbonyl (C=O) groups is 1. The second-order valence-electron chi connectivity index (χ2n) is 2.94. The van der Waals surface area contributed by atoms with Crippen LogP contribution in [0.4, 0.5) is 0 Å². The van der Waals surface area contributed by atoms with Gasteiger partial charge in [0.2, 0.25) is 0 Å². The van der Waals surface area contributed by atoms with Crippen molar-refractivity contribution < 1.29 is 4.79 Å². The van der Waals surface area contributed by atoms with Crippen molar-refractivity contribution in [3.8, 4) is 0 Å². The number of carbonyl (C=O) groups excluding carboxylic acids is 1. The molecule has 2 aromatic rings. The molecule has 0 radical (unpaired) electrons. The van der Waals surface area contributed by atoms with E-state index in [-0.39, 0.29) is 0 Å². The van der Waals surface area contributed by atoms with Crippen molar-refractivity contribution in [2.24, 2.45) is 0 Å². The lowest BCUT2D eigenvalue weighted by atomic mass is 10.2. The number of rotatable bonds is 4. The highest BCUT2D eigenvalue weighted by Gasteiger charge is 2.09. The Labute approximate surface area is 120 Å². The fourth-order valence-corrected chi connectivity index (χ4v) is 4.15. The Balaban J connectivity index is 2.28. The van der Waals surface area contributed by atoms with Crippen LogP contribution in [-0.4, -0.2) is 22.7 Å². The predicted molar refractivity (Wildman–Crippen MR) is 75.3 cm³/mol. The summed E-state index contributed by atoms with van der Waals surface area (Å²) < 4.78 is 2.71. The zero-order valence-corrected chi connectivity index (χ0v) is 12.8. The monoisotopic (exact) mass is 346 g/mol. The highest BCUT2D eigenvalue weighted by Crippen LogP contribution is 2.35. The first kappa shape index (κ1) is 13.1. The van der Waals surface area contributed by atoms with Gasteiger partial charge in [-0.2, -0.15) is 0 Å². The Morgan fingerprint density at radius 3 is 2.76 bits per heavy atom. The Morgan fingerprint density at radius 2 is 2.12 bits per heavy atom. The van der Waals surface area contributed by atoms with Crippen LogP contribution in [-0.2, 0) is 0 Å². The minimum atomic E-state index is 0.666. The van der Waals surface area contributed by atoms with Crippen LogP contribution in [0.3, 0.4) is 0 Å². The summed E-state index contributed by atoms with van der Waals surface area (Å²) in [5.41, 5.74) is 0.666. The molecule has 2 rings (SSSR count). The molecule has 17 heavy (non-hydrogen) atoms. The van der Waals surface area contributed by atoms with Crippen molar-refractivity contribution in [1.29, 1.82) is 0 Å². The van der Waals surface area contributed by atoms with Crippen molar-refractivity contribution in [3.05, 3.63) is 28.2 Å². The SMILES string of the molecule is CSc1nnc(Sc2cc(Br)ccc2C=O)s1. The van der Waals surface area contributed by atoms with Crippen molar-refractivity contribution >= 4 is 57.1 Å². The van der Waals surface area contributed by atoms with Crippen molar-refractivity contribution in [3.63, 3.8) is 0 Å². The molecular formula is C10H7BrN2OS3. The van der Waals surface area contributed by atoms with Crippen molar-refractivity contribution in [1.82, 2.24) is 10.2 Å². The molecule has 0 saturated carbocycles. The van der Waals surface area contributed by atoms with Gasteiger partial charge in [0.1, 0.15) is 0 Å². The molecule has 1 heterocycles. The number of thioether (sulfide) groups is 1. The lowest BCUT2D eigenvalue weighted by Gasteiger charge is -2.01. The van der Waals surface area contributed by atoms with Gasteiger partial charge >= 0.3 is 0 Å². The summed E-state index contributed by atoms with van der Waals surface area (Å²) >= 11 is 7.94. The predicted octanol–water partition coefficient (Wildman–Crippen LogP) is 3.99. The highest BCUT2D eigenvalue weighted by molar-refractivity contribution is 9.10. The average Bonchev–Trinajstić information content (AvgIpc) is 2.77. The molecule has 0 amide bonds. The van der Waals surface area contributed by atoms with E-state index in [9.17, 15) is 4.79 Å². The third kappa shape index (κ3) is 3.31. The summed E-state index contributed by atoms with van der Waals surface area (Å²) in [4.78, 5) is 11.8. The molecular weight excluding hydrogens is 340 g/mol. The number of aromatic nitrogens is 2. The van der Waals surface area contributed by atoms with Gasteiger partial charge in [-0.15, -0.1) is 10.2 Å². The van der Waals surface area contributed by atoms with Gasteiger partial charge in [0.05, 0.1) is 0 Å². The molecule has 0 bridgehead atoms. The van der Waals surface area contributed by atoms with Crippen LogP contribution < -0.4 is 0 Å². The Kier molecular flexibility index (Phi) is 4.61. The topological polar surface area (TPSA) is 42.9 Å². The normalized spacial score (nSPS) is 10.5. The second kappa shape index (κ2) is 5.99. The first-order valence-electron chi connectivity index (χ1n) is 4.53. The number of aldehydes is 1. The van der Waals surface area contributed by atoms with Gasteiger partial charge in [-0.1, -0.05) is 50.8 Å². The summed E-state index contributed by atoms with van der Waals surface area (Å²) in [5.74, 6) is 0. The van der Waals surface area contributed by atoms with Gasteiger partial charge in [-0.25, -0.2) is 0 Å². The summed E-state index contributed by atoms with van der Waals surface area (Å²) in [6.45, 7) is 0. The van der Waals surface area contributed by atoms with Crippen LogP contribution in [0.15, 0.2) is 36.2 Å². The molecule has 3 nitrogen and oxygen atoms in total. The maximum absolute atomic E-state index is 10.9. The summed E-state index contributed by atoms with van der Waals surface area (Å²) in [6, 6.07) is 5.55. The molecule has 0 aliphatic heterocycles. The van der Waals surface area contributed by atoms with E-state index in [1.807, 2.05) is 18.4 Å². The number of hydrogen-bond acceptors (Lipinski definition) is 6. The standard InChI is InChI=1S/C10H7BrN2OS3/c1-15-9-12-13-10(17-9)16-8-4-7(11)3-2-6(8)5-14/h2-5H,1H3. The van der Waals surface area contributed by atoms with E-state index in [0.717, 1.165) is 24.3 Å². The van der Waals surface area contributed by atoms with Crippen LogP contribution in [0, 0.1) is 0 Å². The van der Waals surface area contributed by atoms with Gasteiger partial charge in [0.25, 0.3) is 0 Å². The van der Waals surface area contributed by atoms with Crippen LogP contribution in [0.5, 0.6) is 0 Å². The molecule has 7 heteroatoms. The number of benzene rings is 1. The van der Waals surface area contributed by atoms with E-state index >= 15 is 0 Å². The van der Waals surface area contributed by atoms with Crippen LogP contribution in [0.1, 0.15) is 10.4 Å².